The maximum Gasteiger partial charge on any atom is 0.184 e. The number of aryl methyl sites for hydroxylation is 2. The third-order valence-electron chi connectivity index (χ3n) is 3.60. The fourth-order valence-corrected chi connectivity index (χ4v) is 2.67. The Labute approximate surface area is 112 Å². The van der Waals surface area contributed by atoms with Crippen LogP contribution in [0.25, 0.3) is 11.1 Å². The molecule has 0 bridgehead atoms. The normalized spacial score (nSPS) is 15.4. The lowest BCUT2D eigenvalue weighted by molar-refractivity contribution is 0.517. The molecule has 0 spiro atoms. The predicted octanol–water partition coefficient (Wildman–Crippen LogP) is 2.07. The molecule has 1 aromatic heterocycles. The number of anilines is 1. The molecule has 2 aromatic rings. The van der Waals surface area contributed by atoms with E-state index in [0.717, 1.165) is 23.2 Å². The van der Waals surface area contributed by atoms with Gasteiger partial charge in [-0.15, -0.1) is 0 Å². The Kier molecular flexibility index (Phi) is 2.59. The molecule has 5 N–H and O–H groups in total. The maximum atomic E-state index is 6.18. The Morgan fingerprint density at radius 3 is 2.79 bits per heavy atom. The van der Waals surface area contributed by atoms with Gasteiger partial charge in [0.15, 0.2) is 5.79 Å². The van der Waals surface area contributed by atoms with E-state index in [2.05, 4.69) is 42.3 Å². The summed E-state index contributed by atoms with van der Waals surface area (Å²) >= 11 is 0. The molecular weight excluding hydrogens is 236 g/mol. The predicted molar refractivity (Wildman–Crippen MR) is 77.5 cm³/mol. The van der Waals surface area contributed by atoms with Crippen LogP contribution in [0.3, 0.4) is 0 Å². The number of benzene rings is 1. The number of nitrogens with one attached hydrogen (secondary N) is 1. The van der Waals surface area contributed by atoms with Gasteiger partial charge in [-0.1, -0.05) is 19.1 Å². The van der Waals surface area contributed by atoms with Crippen molar-refractivity contribution in [3.63, 3.8) is 0 Å². The molecule has 0 fully saturated rings. The highest BCUT2D eigenvalue weighted by Crippen LogP contribution is 2.40. The molecule has 19 heavy (non-hydrogen) atoms. The monoisotopic (exact) mass is 254 g/mol. The number of nitrogens with two attached hydrogens (primary N) is 2. The number of nitrogens with zero attached hydrogens (tertiary/aromatic N) is 1. The van der Waals surface area contributed by atoms with Crippen molar-refractivity contribution < 1.29 is 0 Å². The highest BCUT2D eigenvalue weighted by Gasteiger charge is 2.34. The van der Waals surface area contributed by atoms with Gasteiger partial charge in [-0.2, -0.15) is 0 Å². The molecule has 0 aliphatic carbocycles. The average molecular weight is 254 g/mol. The molecule has 98 valence electrons. The Morgan fingerprint density at radius 2 is 2.05 bits per heavy atom. The topological polar surface area (TPSA) is 77.0 Å². The average Bonchev–Trinajstić information content (AvgIpc) is 2.37. The first-order valence-corrected chi connectivity index (χ1v) is 6.48. The second-order valence-corrected chi connectivity index (χ2v) is 5.09. The quantitative estimate of drug-likeness (QED) is 0.681. The van der Waals surface area contributed by atoms with Gasteiger partial charge in [0.25, 0.3) is 0 Å². The van der Waals surface area contributed by atoms with E-state index in [9.17, 15) is 0 Å². The van der Waals surface area contributed by atoms with Crippen LogP contribution in [0.5, 0.6) is 0 Å². The summed E-state index contributed by atoms with van der Waals surface area (Å²) in [6.45, 7) is 4.18. The van der Waals surface area contributed by atoms with Crippen LogP contribution in [0.1, 0.15) is 23.7 Å². The van der Waals surface area contributed by atoms with E-state index in [0.29, 0.717) is 5.69 Å². The van der Waals surface area contributed by atoms with E-state index in [1.165, 1.54) is 11.1 Å². The molecule has 0 radical (unpaired) electrons. The van der Waals surface area contributed by atoms with Gasteiger partial charge in [0.05, 0.1) is 0 Å². The minimum atomic E-state index is -1.12. The minimum absolute atomic E-state index is 0.711. The second-order valence-electron chi connectivity index (χ2n) is 5.09. The molecule has 1 aliphatic heterocycles. The molecule has 0 atom stereocenters. The van der Waals surface area contributed by atoms with Crippen LogP contribution in [0.15, 0.2) is 30.5 Å². The van der Waals surface area contributed by atoms with Gasteiger partial charge in [0.2, 0.25) is 0 Å². The van der Waals surface area contributed by atoms with Gasteiger partial charge in [-0.3, -0.25) is 16.5 Å². The zero-order chi connectivity index (χ0) is 13.6. The largest absolute Gasteiger partial charge is 0.350 e. The summed E-state index contributed by atoms with van der Waals surface area (Å²) < 4.78 is 0. The van der Waals surface area contributed by atoms with Crippen molar-refractivity contribution in [2.75, 3.05) is 5.32 Å². The smallest absolute Gasteiger partial charge is 0.184 e. The fraction of sp³-hybridized carbons (Fsp3) is 0.267. The Balaban J connectivity index is 2.35. The molecule has 0 saturated carbocycles. The summed E-state index contributed by atoms with van der Waals surface area (Å²) in [5.74, 6) is -1.12. The Morgan fingerprint density at radius 1 is 1.26 bits per heavy atom. The highest BCUT2D eigenvalue weighted by atomic mass is 15.2. The van der Waals surface area contributed by atoms with Crippen molar-refractivity contribution in [2.24, 2.45) is 11.5 Å². The summed E-state index contributed by atoms with van der Waals surface area (Å²) in [4.78, 5) is 4.39. The molecule has 3 rings (SSSR count). The summed E-state index contributed by atoms with van der Waals surface area (Å²) in [7, 11) is 0. The van der Waals surface area contributed by atoms with Gasteiger partial charge in [-0.05, 0) is 36.6 Å². The van der Waals surface area contributed by atoms with Crippen LogP contribution in [-0.4, -0.2) is 4.98 Å². The summed E-state index contributed by atoms with van der Waals surface area (Å²) in [5.41, 5.74) is 18.6. The first-order chi connectivity index (χ1) is 9.03. The second kappa shape index (κ2) is 4.05. The van der Waals surface area contributed by atoms with E-state index in [1.807, 2.05) is 6.07 Å². The third-order valence-corrected chi connectivity index (χ3v) is 3.60. The van der Waals surface area contributed by atoms with E-state index in [-0.39, 0.29) is 0 Å². The summed E-state index contributed by atoms with van der Waals surface area (Å²) in [5, 5.41) is 3.18. The number of hydrogen-bond acceptors (Lipinski definition) is 4. The van der Waals surface area contributed by atoms with Crippen LogP contribution >= 0.6 is 0 Å². The van der Waals surface area contributed by atoms with E-state index in [1.54, 1.807) is 6.20 Å². The lowest BCUT2D eigenvalue weighted by atomic mass is 9.89. The Hall–Kier alpha value is -1.91. The van der Waals surface area contributed by atoms with Gasteiger partial charge >= 0.3 is 0 Å². The first kappa shape index (κ1) is 12.1. The molecule has 0 unspecified atom stereocenters. The van der Waals surface area contributed by atoms with Crippen LogP contribution in [0.2, 0.25) is 0 Å². The summed E-state index contributed by atoms with van der Waals surface area (Å²) in [6.07, 6.45) is 2.70. The van der Waals surface area contributed by atoms with Gasteiger partial charge in [-0.25, -0.2) is 0 Å². The van der Waals surface area contributed by atoms with Crippen LogP contribution in [-0.2, 0) is 12.2 Å². The van der Waals surface area contributed by atoms with Crippen LogP contribution in [0, 0.1) is 6.92 Å². The van der Waals surface area contributed by atoms with Crippen LogP contribution in [0.4, 0.5) is 5.69 Å². The molecule has 1 aliphatic rings. The molecule has 4 heteroatoms. The van der Waals surface area contributed by atoms with Crippen LogP contribution < -0.4 is 16.8 Å². The lowest BCUT2D eigenvalue weighted by Gasteiger charge is -2.35. The van der Waals surface area contributed by atoms with Gasteiger partial charge < -0.3 is 5.32 Å². The van der Waals surface area contributed by atoms with Crippen molar-refractivity contribution in [3.05, 3.63) is 47.3 Å². The van der Waals surface area contributed by atoms with Gasteiger partial charge in [0, 0.05) is 23.0 Å². The number of aromatic nitrogens is 1. The van der Waals surface area contributed by atoms with Crippen molar-refractivity contribution in [2.45, 2.75) is 26.1 Å². The number of rotatable bonds is 1. The zero-order valence-electron chi connectivity index (χ0n) is 11.2. The number of pyridine rings is 1. The zero-order valence-corrected chi connectivity index (χ0v) is 11.2. The molecule has 2 heterocycles. The third kappa shape index (κ3) is 1.80. The SMILES string of the molecule is CCc1ccnc2c1-c1ccc(C)cc1NC2(N)N. The standard InChI is InChI=1S/C15H18N4/c1-3-10-6-7-18-14-13(10)11-5-4-9(2)8-12(11)19-15(14,16)17/h4-8,19H,3,16-17H2,1-2H3. The summed E-state index contributed by atoms with van der Waals surface area (Å²) in [6, 6.07) is 8.30. The highest BCUT2D eigenvalue weighted by molar-refractivity contribution is 5.85. The first-order valence-electron chi connectivity index (χ1n) is 6.48. The lowest BCUT2D eigenvalue weighted by Crippen LogP contribution is -2.55. The van der Waals surface area contributed by atoms with Gasteiger partial charge in [0.1, 0.15) is 5.69 Å². The van der Waals surface area contributed by atoms with Crippen molar-refractivity contribution in [1.82, 2.24) is 4.98 Å². The fourth-order valence-electron chi connectivity index (χ4n) is 2.67. The molecule has 4 nitrogen and oxygen atoms in total. The molecular formula is C15H18N4. The van der Waals surface area contributed by atoms with Crippen molar-refractivity contribution in [3.8, 4) is 11.1 Å². The number of hydrogen-bond donors (Lipinski definition) is 3. The van der Waals surface area contributed by atoms with Crippen molar-refractivity contribution in [1.29, 1.82) is 0 Å². The van der Waals surface area contributed by atoms with Crippen molar-refractivity contribution >= 4 is 5.69 Å². The molecule has 1 aromatic carbocycles. The van der Waals surface area contributed by atoms with E-state index < -0.39 is 5.79 Å². The van der Waals surface area contributed by atoms with E-state index in [4.69, 9.17) is 11.5 Å². The maximum absolute atomic E-state index is 6.18. The molecule has 0 amide bonds. The minimum Gasteiger partial charge on any atom is -0.350 e. The molecule has 0 saturated heterocycles. The van der Waals surface area contributed by atoms with E-state index >= 15 is 0 Å². The number of fused-ring (bicyclic) bond motifs is 3. The Bertz CT molecular complexity index is 647.